The number of aliphatic hydroxyl groups excluding tert-OH is 2. The van der Waals surface area contributed by atoms with Gasteiger partial charge in [0.05, 0.1) is 13.7 Å². The number of hydrogen-bond donors (Lipinski definition) is 3. The highest BCUT2D eigenvalue weighted by molar-refractivity contribution is 5.32. The van der Waals surface area contributed by atoms with Crippen LogP contribution in [0, 0.1) is 0 Å². The van der Waals surface area contributed by atoms with Gasteiger partial charge in [0.25, 0.3) is 0 Å². The number of methoxy groups -OCH3 is 1. The van der Waals surface area contributed by atoms with E-state index in [0.717, 1.165) is 12.2 Å². The Hall–Kier alpha value is -1.30. The van der Waals surface area contributed by atoms with Crippen molar-refractivity contribution in [3.8, 4) is 11.5 Å². The first-order chi connectivity index (χ1) is 9.19. The fraction of sp³-hybridized carbons (Fsp3) is 0.571. The Morgan fingerprint density at radius 2 is 2.05 bits per heavy atom. The Morgan fingerprint density at radius 1 is 1.32 bits per heavy atom. The molecule has 0 aliphatic rings. The molecule has 5 heteroatoms. The van der Waals surface area contributed by atoms with Crippen molar-refractivity contribution in [2.24, 2.45) is 0 Å². The number of ether oxygens (including phenoxy) is 2. The summed E-state index contributed by atoms with van der Waals surface area (Å²) < 4.78 is 10.6. The van der Waals surface area contributed by atoms with Crippen molar-refractivity contribution in [2.75, 3.05) is 26.9 Å². The van der Waals surface area contributed by atoms with Crippen LogP contribution in [0.4, 0.5) is 0 Å². The van der Waals surface area contributed by atoms with Crippen molar-refractivity contribution in [1.82, 2.24) is 5.32 Å². The van der Waals surface area contributed by atoms with E-state index in [9.17, 15) is 5.11 Å². The monoisotopic (exact) mass is 269 g/mol. The van der Waals surface area contributed by atoms with Gasteiger partial charge in [-0.15, -0.1) is 0 Å². The van der Waals surface area contributed by atoms with Crippen LogP contribution in [-0.2, 0) is 0 Å². The summed E-state index contributed by atoms with van der Waals surface area (Å²) in [6.45, 7) is 2.64. The summed E-state index contributed by atoms with van der Waals surface area (Å²) in [5, 5.41) is 21.9. The van der Waals surface area contributed by atoms with Gasteiger partial charge in [-0.25, -0.2) is 0 Å². The van der Waals surface area contributed by atoms with Crippen molar-refractivity contribution >= 4 is 0 Å². The Balaban J connectivity index is 2.31. The Labute approximate surface area is 114 Å². The smallest absolute Gasteiger partial charge is 0.123 e. The van der Waals surface area contributed by atoms with Crippen LogP contribution in [-0.4, -0.2) is 49.2 Å². The van der Waals surface area contributed by atoms with Crippen LogP contribution in [0.15, 0.2) is 24.3 Å². The maximum atomic E-state index is 9.78. The predicted molar refractivity (Wildman–Crippen MR) is 73.7 cm³/mol. The molecule has 0 aromatic heterocycles. The third kappa shape index (κ3) is 5.92. The van der Waals surface area contributed by atoms with E-state index in [4.69, 9.17) is 14.6 Å². The van der Waals surface area contributed by atoms with E-state index < -0.39 is 6.10 Å². The molecule has 0 saturated carbocycles. The second-order valence-electron chi connectivity index (χ2n) is 4.34. The van der Waals surface area contributed by atoms with E-state index >= 15 is 0 Å². The normalized spacial score (nSPS) is 13.9. The highest BCUT2D eigenvalue weighted by atomic mass is 16.5. The molecule has 0 aliphatic heterocycles. The maximum Gasteiger partial charge on any atom is 0.123 e. The van der Waals surface area contributed by atoms with Gasteiger partial charge in [0.1, 0.15) is 24.2 Å². The molecule has 0 aliphatic carbocycles. The molecule has 2 atom stereocenters. The minimum absolute atomic E-state index is 0.0199. The van der Waals surface area contributed by atoms with Gasteiger partial charge >= 0.3 is 0 Å². The Morgan fingerprint density at radius 3 is 2.68 bits per heavy atom. The summed E-state index contributed by atoms with van der Waals surface area (Å²) in [5.74, 6) is 1.38. The Bertz CT molecular complexity index is 355. The number of hydrogen-bond acceptors (Lipinski definition) is 5. The van der Waals surface area contributed by atoms with Crippen molar-refractivity contribution in [2.45, 2.75) is 25.5 Å². The molecule has 5 nitrogen and oxygen atoms in total. The van der Waals surface area contributed by atoms with Crippen molar-refractivity contribution in [3.63, 3.8) is 0 Å². The summed E-state index contributed by atoms with van der Waals surface area (Å²) in [4.78, 5) is 0. The third-order valence-corrected chi connectivity index (χ3v) is 2.84. The van der Waals surface area contributed by atoms with Gasteiger partial charge in [-0.3, -0.25) is 0 Å². The SMILES string of the molecule is CC[C@@H](CO)NC[C@@H](O)COc1cccc(OC)c1. The molecule has 1 rings (SSSR count). The first-order valence-corrected chi connectivity index (χ1v) is 6.48. The molecule has 0 amide bonds. The van der Waals surface area contributed by atoms with E-state index in [1.165, 1.54) is 0 Å². The van der Waals surface area contributed by atoms with E-state index in [1.54, 1.807) is 13.2 Å². The lowest BCUT2D eigenvalue weighted by Gasteiger charge is -2.18. The van der Waals surface area contributed by atoms with Crippen LogP contribution in [0.1, 0.15) is 13.3 Å². The highest BCUT2D eigenvalue weighted by Gasteiger charge is 2.09. The van der Waals surface area contributed by atoms with E-state index in [-0.39, 0.29) is 19.3 Å². The van der Waals surface area contributed by atoms with Crippen LogP contribution in [0.25, 0.3) is 0 Å². The van der Waals surface area contributed by atoms with Gasteiger partial charge in [-0.05, 0) is 18.6 Å². The summed E-state index contributed by atoms with van der Waals surface area (Å²) in [6, 6.07) is 7.26. The van der Waals surface area contributed by atoms with Crippen molar-refractivity contribution < 1.29 is 19.7 Å². The van der Waals surface area contributed by atoms with Gasteiger partial charge in [-0.2, -0.15) is 0 Å². The van der Waals surface area contributed by atoms with Crippen molar-refractivity contribution in [3.05, 3.63) is 24.3 Å². The number of aliphatic hydroxyl groups is 2. The molecule has 0 saturated heterocycles. The topological polar surface area (TPSA) is 71.0 Å². The van der Waals surface area contributed by atoms with Gasteiger partial charge in [0, 0.05) is 18.7 Å². The molecule has 0 bridgehead atoms. The number of rotatable bonds is 9. The molecule has 0 radical (unpaired) electrons. The maximum absolute atomic E-state index is 9.78. The summed E-state index contributed by atoms with van der Waals surface area (Å²) in [7, 11) is 1.59. The quantitative estimate of drug-likeness (QED) is 0.618. The summed E-state index contributed by atoms with van der Waals surface area (Å²) in [5.41, 5.74) is 0. The molecular formula is C14H23NO4. The molecule has 0 spiro atoms. The molecule has 1 aromatic rings. The minimum Gasteiger partial charge on any atom is -0.497 e. The fourth-order valence-corrected chi connectivity index (χ4v) is 1.58. The van der Waals surface area contributed by atoms with Crippen LogP contribution in [0.5, 0.6) is 11.5 Å². The molecule has 0 fully saturated rings. The molecule has 1 aromatic carbocycles. The molecule has 108 valence electrons. The van der Waals surface area contributed by atoms with Gasteiger partial charge in [-0.1, -0.05) is 13.0 Å². The lowest BCUT2D eigenvalue weighted by Crippen LogP contribution is -2.39. The largest absolute Gasteiger partial charge is 0.497 e. The van der Waals surface area contributed by atoms with Crippen molar-refractivity contribution in [1.29, 1.82) is 0 Å². The van der Waals surface area contributed by atoms with Gasteiger partial charge < -0.3 is 25.0 Å². The van der Waals surface area contributed by atoms with Gasteiger partial charge in [0.2, 0.25) is 0 Å². The van der Waals surface area contributed by atoms with Crippen LogP contribution >= 0.6 is 0 Å². The fourth-order valence-electron chi connectivity index (χ4n) is 1.58. The Kier molecular flexibility index (Phi) is 7.25. The van der Waals surface area contributed by atoms with Crippen LogP contribution in [0.3, 0.4) is 0 Å². The van der Waals surface area contributed by atoms with Crippen LogP contribution < -0.4 is 14.8 Å². The third-order valence-electron chi connectivity index (χ3n) is 2.84. The lowest BCUT2D eigenvalue weighted by atomic mass is 10.2. The summed E-state index contributed by atoms with van der Waals surface area (Å²) in [6.07, 6.45) is 0.201. The second kappa shape index (κ2) is 8.74. The van der Waals surface area contributed by atoms with E-state index in [0.29, 0.717) is 12.3 Å². The number of nitrogens with one attached hydrogen (secondary N) is 1. The standard InChI is InChI=1S/C14H23NO4/c1-3-11(9-16)15-8-12(17)10-19-14-6-4-5-13(7-14)18-2/h4-7,11-12,15-17H,3,8-10H2,1-2H3/t11-,12+/m0/s1. The summed E-state index contributed by atoms with van der Waals surface area (Å²) >= 11 is 0. The predicted octanol–water partition coefficient (Wildman–Crippen LogP) is 0.795. The average Bonchev–Trinajstić information content (AvgIpc) is 2.46. The minimum atomic E-state index is -0.619. The molecular weight excluding hydrogens is 246 g/mol. The highest BCUT2D eigenvalue weighted by Crippen LogP contribution is 2.18. The van der Waals surface area contributed by atoms with Crippen LogP contribution in [0.2, 0.25) is 0 Å². The van der Waals surface area contributed by atoms with E-state index in [1.807, 2.05) is 25.1 Å². The zero-order valence-corrected chi connectivity index (χ0v) is 11.5. The molecule has 0 unspecified atom stereocenters. The first kappa shape index (κ1) is 15.8. The zero-order valence-electron chi connectivity index (χ0n) is 11.5. The van der Waals surface area contributed by atoms with E-state index in [2.05, 4.69) is 5.32 Å². The lowest BCUT2D eigenvalue weighted by molar-refractivity contribution is 0.0993. The molecule has 3 N–H and O–H groups in total. The average molecular weight is 269 g/mol. The molecule has 0 heterocycles. The molecule has 19 heavy (non-hydrogen) atoms. The first-order valence-electron chi connectivity index (χ1n) is 6.48. The van der Waals surface area contributed by atoms with Gasteiger partial charge in [0.15, 0.2) is 0 Å². The zero-order chi connectivity index (χ0) is 14.1. The number of benzene rings is 1. The second-order valence-corrected chi connectivity index (χ2v) is 4.34.